The van der Waals surface area contributed by atoms with Crippen LogP contribution >= 0.6 is 0 Å². The maximum absolute atomic E-state index is 3.52. The Bertz CT molecular complexity index is 111. The minimum atomic E-state index is 1.23. The molecule has 1 heterocycles. The minimum absolute atomic E-state index is 1.23. The summed E-state index contributed by atoms with van der Waals surface area (Å²) in [5.41, 5.74) is 0. The van der Waals surface area contributed by atoms with Gasteiger partial charge in [0.1, 0.15) is 0 Å². The first kappa shape index (κ1) is 12.0. The van der Waals surface area contributed by atoms with Crippen molar-refractivity contribution in [3.63, 3.8) is 0 Å². The molecule has 1 rings (SSSR count). The van der Waals surface area contributed by atoms with Gasteiger partial charge < -0.3 is 10.2 Å². The summed E-state index contributed by atoms with van der Waals surface area (Å²) in [6.07, 6.45) is 9.68. The van der Waals surface area contributed by atoms with Gasteiger partial charge in [0, 0.05) is 0 Å². The maximum Gasteiger partial charge on any atom is -0.00218 e. The van der Waals surface area contributed by atoms with Crippen molar-refractivity contribution in [3.05, 3.63) is 0 Å². The fourth-order valence-corrected chi connectivity index (χ4v) is 2.03. The van der Waals surface area contributed by atoms with Gasteiger partial charge in [-0.05, 0) is 58.9 Å². The molecule has 0 aromatic rings. The Hall–Kier alpha value is -0.0800. The molecule has 0 aromatic heterocycles. The maximum atomic E-state index is 3.52. The molecular formula is C12H26N2. The fourth-order valence-electron chi connectivity index (χ4n) is 2.03. The lowest BCUT2D eigenvalue weighted by Crippen LogP contribution is -2.21. The Morgan fingerprint density at radius 1 is 0.714 bits per heavy atom. The molecule has 0 spiro atoms. The second kappa shape index (κ2) is 8.25. The lowest BCUT2D eigenvalue weighted by Gasteiger charge is -2.15. The quantitative estimate of drug-likeness (QED) is 0.642. The Balaban J connectivity index is 2.12. The van der Waals surface area contributed by atoms with E-state index in [0.29, 0.717) is 0 Å². The van der Waals surface area contributed by atoms with Crippen LogP contribution in [0.2, 0.25) is 0 Å². The highest BCUT2D eigenvalue weighted by Crippen LogP contribution is 2.03. The highest BCUT2D eigenvalue weighted by Gasteiger charge is 1.99. The van der Waals surface area contributed by atoms with E-state index in [9.17, 15) is 0 Å². The Morgan fingerprint density at radius 2 is 1.21 bits per heavy atom. The summed E-state index contributed by atoms with van der Waals surface area (Å²) in [6.45, 7) is 5.05. The van der Waals surface area contributed by atoms with Gasteiger partial charge in [-0.15, -0.1) is 0 Å². The average Bonchev–Trinajstić information content (AvgIpc) is 2.20. The third-order valence-electron chi connectivity index (χ3n) is 3.04. The smallest absolute Gasteiger partial charge is 0.00218 e. The zero-order chi connectivity index (χ0) is 10.1. The van der Waals surface area contributed by atoms with E-state index in [1.807, 2.05) is 0 Å². The molecule has 0 saturated carbocycles. The molecule has 0 bridgehead atoms. The first-order valence-electron chi connectivity index (χ1n) is 6.29. The number of rotatable bonds is 0. The third kappa shape index (κ3) is 6.39. The average molecular weight is 198 g/mol. The van der Waals surface area contributed by atoms with Gasteiger partial charge in [-0.1, -0.05) is 19.3 Å². The predicted molar refractivity (Wildman–Crippen MR) is 62.7 cm³/mol. The monoisotopic (exact) mass is 198 g/mol. The lowest BCUT2D eigenvalue weighted by molar-refractivity contribution is 0.316. The van der Waals surface area contributed by atoms with Crippen LogP contribution in [0, 0.1) is 0 Å². The van der Waals surface area contributed by atoms with Crippen molar-refractivity contribution >= 4 is 0 Å². The number of nitrogens with zero attached hydrogens (tertiary/aromatic N) is 1. The first-order chi connectivity index (χ1) is 6.89. The van der Waals surface area contributed by atoms with Crippen molar-refractivity contribution in [2.75, 3.05) is 33.2 Å². The molecule has 2 nitrogen and oxygen atoms in total. The zero-order valence-electron chi connectivity index (χ0n) is 9.73. The van der Waals surface area contributed by atoms with Crippen molar-refractivity contribution in [2.24, 2.45) is 0 Å². The van der Waals surface area contributed by atoms with E-state index in [1.165, 1.54) is 71.1 Å². The molecule has 1 saturated heterocycles. The molecule has 1 aliphatic heterocycles. The van der Waals surface area contributed by atoms with E-state index >= 15 is 0 Å². The summed E-state index contributed by atoms with van der Waals surface area (Å²) < 4.78 is 0. The van der Waals surface area contributed by atoms with Crippen LogP contribution in [0.3, 0.4) is 0 Å². The summed E-state index contributed by atoms with van der Waals surface area (Å²) >= 11 is 0. The molecule has 0 radical (unpaired) electrons. The molecule has 0 atom stereocenters. The standard InChI is InChI=1S/C12H26N2/c1-14-11-7-3-2-5-9-13-10-6-4-8-12-14/h13H,2-12H2,1H3. The predicted octanol–water partition coefficient (Wildman–Crippen LogP) is 2.25. The minimum Gasteiger partial charge on any atom is -0.317 e. The number of nitrogens with one attached hydrogen (secondary N) is 1. The summed E-state index contributed by atoms with van der Waals surface area (Å²) in [4.78, 5) is 2.49. The number of hydrogen-bond donors (Lipinski definition) is 1. The first-order valence-corrected chi connectivity index (χ1v) is 6.29. The molecule has 1 fully saturated rings. The van der Waals surface area contributed by atoms with E-state index in [2.05, 4.69) is 17.3 Å². The SMILES string of the molecule is CN1CCCCCCNCCCCC1. The van der Waals surface area contributed by atoms with E-state index in [0.717, 1.165) is 0 Å². The molecule has 1 aliphatic rings. The Kier molecular flexibility index (Phi) is 7.06. The molecule has 1 N–H and O–H groups in total. The van der Waals surface area contributed by atoms with Gasteiger partial charge in [-0.3, -0.25) is 0 Å². The highest BCUT2D eigenvalue weighted by molar-refractivity contribution is 4.57. The lowest BCUT2D eigenvalue weighted by atomic mass is 10.2. The topological polar surface area (TPSA) is 15.3 Å². The molecular weight excluding hydrogens is 172 g/mol. The van der Waals surface area contributed by atoms with Crippen molar-refractivity contribution in [3.8, 4) is 0 Å². The Labute approximate surface area is 89.1 Å². The summed E-state index contributed by atoms with van der Waals surface area (Å²) in [7, 11) is 2.26. The van der Waals surface area contributed by atoms with Crippen LogP contribution in [0.15, 0.2) is 0 Å². The van der Waals surface area contributed by atoms with E-state index in [1.54, 1.807) is 0 Å². The summed E-state index contributed by atoms with van der Waals surface area (Å²) in [6, 6.07) is 0. The highest BCUT2D eigenvalue weighted by atomic mass is 15.1. The van der Waals surface area contributed by atoms with Gasteiger partial charge in [0.05, 0.1) is 0 Å². The van der Waals surface area contributed by atoms with Crippen molar-refractivity contribution in [1.82, 2.24) is 10.2 Å². The van der Waals surface area contributed by atoms with Crippen LogP contribution in [-0.4, -0.2) is 38.1 Å². The van der Waals surface area contributed by atoms with Gasteiger partial charge in [-0.25, -0.2) is 0 Å². The van der Waals surface area contributed by atoms with Gasteiger partial charge in [0.25, 0.3) is 0 Å². The molecule has 0 aromatic carbocycles. The van der Waals surface area contributed by atoms with Crippen molar-refractivity contribution < 1.29 is 0 Å². The van der Waals surface area contributed by atoms with Crippen molar-refractivity contribution in [1.29, 1.82) is 0 Å². The summed E-state index contributed by atoms with van der Waals surface area (Å²) in [5, 5.41) is 3.52. The van der Waals surface area contributed by atoms with E-state index in [4.69, 9.17) is 0 Å². The van der Waals surface area contributed by atoms with Gasteiger partial charge in [0.2, 0.25) is 0 Å². The van der Waals surface area contributed by atoms with Crippen LogP contribution in [0.4, 0.5) is 0 Å². The summed E-state index contributed by atoms with van der Waals surface area (Å²) in [5.74, 6) is 0. The van der Waals surface area contributed by atoms with E-state index < -0.39 is 0 Å². The molecule has 0 aliphatic carbocycles. The molecule has 2 heteroatoms. The second-order valence-corrected chi connectivity index (χ2v) is 4.53. The molecule has 0 unspecified atom stereocenters. The van der Waals surface area contributed by atoms with Crippen LogP contribution in [-0.2, 0) is 0 Å². The molecule has 14 heavy (non-hydrogen) atoms. The van der Waals surface area contributed by atoms with Gasteiger partial charge in [-0.2, -0.15) is 0 Å². The van der Waals surface area contributed by atoms with E-state index in [-0.39, 0.29) is 0 Å². The Morgan fingerprint density at radius 3 is 1.86 bits per heavy atom. The van der Waals surface area contributed by atoms with Crippen molar-refractivity contribution in [2.45, 2.75) is 44.9 Å². The largest absolute Gasteiger partial charge is 0.317 e. The van der Waals surface area contributed by atoms with Crippen LogP contribution in [0.1, 0.15) is 44.9 Å². The fraction of sp³-hybridized carbons (Fsp3) is 1.00. The third-order valence-corrected chi connectivity index (χ3v) is 3.04. The van der Waals surface area contributed by atoms with Gasteiger partial charge >= 0.3 is 0 Å². The zero-order valence-corrected chi connectivity index (χ0v) is 9.73. The molecule has 0 amide bonds. The second-order valence-electron chi connectivity index (χ2n) is 4.53. The van der Waals surface area contributed by atoms with Crippen LogP contribution in [0.25, 0.3) is 0 Å². The van der Waals surface area contributed by atoms with Gasteiger partial charge in [0.15, 0.2) is 0 Å². The normalized spacial score (nSPS) is 24.6. The van der Waals surface area contributed by atoms with Crippen LogP contribution < -0.4 is 5.32 Å². The number of hydrogen-bond acceptors (Lipinski definition) is 2. The molecule has 84 valence electrons. The van der Waals surface area contributed by atoms with Crippen LogP contribution in [0.5, 0.6) is 0 Å².